The van der Waals surface area contributed by atoms with Crippen molar-refractivity contribution in [2.24, 2.45) is 0 Å². The molecule has 6 heteroatoms. The second-order valence-electron chi connectivity index (χ2n) is 5.61. The molecule has 2 aromatic carbocycles. The number of halogens is 1. The number of anilines is 2. The number of carbonyl (C=O) groups is 2. The summed E-state index contributed by atoms with van der Waals surface area (Å²) < 4.78 is 0. The summed E-state index contributed by atoms with van der Waals surface area (Å²) in [5.41, 5.74) is 3.37. The fraction of sp³-hybridized carbons (Fsp3) is 0.222. The van der Waals surface area contributed by atoms with Gasteiger partial charge in [0, 0.05) is 23.4 Å². The molecule has 2 N–H and O–H groups in total. The first-order chi connectivity index (χ1) is 11.4. The number of para-hydroxylation sites is 1. The van der Waals surface area contributed by atoms with Gasteiger partial charge in [0.2, 0.25) is 5.91 Å². The van der Waals surface area contributed by atoms with Crippen LogP contribution in [-0.2, 0) is 4.79 Å². The summed E-state index contributed by atoms with van der Waals surface area (Å²) in [6, 6.07) is 12.2. The van der Waals surface area contributed by atoms with Crippen LogP contribution in [0.4, 0.5) is 16.2 Å². The molecule has 0 fully saturated rings. The number of nitrogens with one attached hydrogen (secondary N) is 2. The van der Waals surface area contributed by atoms with E-state index in [-0.39, 0.29) is 18.5 Å². The highest BCUT2D eigenvalue weighted by Gasteiger charge is 2.14. The van der Waals surface area contributed by atoms with Gasteiger partial charge in [-0.2, -0.15) is 0 Å². The van der Waals surface area contributed by atoms with E-state index in [9.17, 15) is 9.59 Å². The Morgan fingerprint density at radius 2 is 1.58 bits per heavy atom. The molecule has 5 nitrogen and oxygen atoms in total. The zero-order valence-electron chi connectivity index (χ0n) is 13.9. The molecule has 0 spiro atoms. The Balaban J connectivity index is 1.93. The molecule has 0 aliphatic carbocycles. The third-order valence-electron chi connectivity index (χ3n) is 3.57. The quantitative estimate of drug-likeness (QED) is 0.877. The fourth-order valence-electron chi connectivity index (χ4n) is 2.23. The van der Waals surface area contributed by atoms with Crippen LogP contribution in [0.1, 0.15) is 11.1 Å². The standard InChI is InChI=1S/C18H20ClN3O2/c1-12-5-4-6-13(2)17(12)21-16(23)11-22(3)18(24)20-15-9-7-14(19)8-10-15/h4-10H,11H2,1-3H3,(H,20,24)(H,21,23). The summed E-state index contributed by atoms with van der Waals surface area (Å²) in [6.45, 7) is 3.81. The molecule has 2 rings (SSSR count). The number of carbonyl (C=O) groups excluding carboxylic acids is 2. The molecule has 0 heterocycles. The van der Waals surface area contributed by atoms with Gasteiger partial charge in [-0.1, -0.05) is 29.8 Å². The Bertz CT molecular complexity index is 724. The predicted molar refractivity (Wildman–Crippen MR) is 97.6 cm³/mol. The van der Waals surface area contributed by atoms with Crippen LogP contribution in [0.5, 0.6) is 0 Å². The van der Waals surface area contributed by atoms with Crippen LogP contribution in [0, 0.1) is 13.8 Å². The first-order valence-corrected chi connectivity index (χ1v) is 7.88. The Labute approximate surface area is 146 Å². The van der Waals surface area contributed by atoms with Crippen molar-refractivity contribution in [2.45, 2.75) is 13.8 Å². The lowest BCUT2D eigenvalue weighted by atomic mass is 10.1. The second kappa shape index (κ2) is 7.84. The third kappa shape index (κ3) is 4.73. The largest absolute Gasteiger partial charge is 0.324 e. The number of rotatable bonds is 4. The lowest BCUT2D eigenvalue weighted by Gasteiger charge is -2.18. The van der Waals surface area contributed by atoms with Crippen LogP contribution in [0.25, 0.3) is 0 Å². The van der Waals surface area contributed by atoms with Crippen molar-refractivity contribution in [1.29, 1.82) is 0 Å². The van der Waals surface area contributed by atoms with Crippen LogP contribution in [0.15, 0.2) is 42.5 Å². The second-order valence-corrected chi connectivity index (χ2v) is 6.04. The first kappa shape index (κ1) is 17.8. The van der Waals surface area contributed by atoms with Crippen molar-refractivity contribution in [3.05, 3.63) is 58.6 Å². The monoisotopic (exact) mass is 345 g/mol. The maximum absolute atomic E-state index is 12.2. The summed E-state index contributed by atoms with van der Waals surface area (Å²) in [7, 11) is 1.57. The highest BCUT2D eigenvalue weighted by Crippen LogP contribution is 2.19. The molecular formula is C18H20ClN3O2. The average Bonchev–Trinajstić information content (AvgIpc) is 2.53. The number of nitrogens with zero attached hydrogens (tertiary/aromatic N) is 1. The maximum atomic E-state index is 12.2. The highest BCUT2D eigenvalue weighted by molar-refractivity contribution is 6.30. The van der Waals surface area contributed by atoms with Crippen molar-refractivity contribution in [1.82, 2.24) is 4.90 Å². The van der Waals surface area contributed by atoms with Gasteiger partial charge in [-0.3, -0.25) is 4.79 Å². The Morgan fingerprint density at radius 1 is 1.00 bits per heavy atom. The minimum absolute atomic E-state index is 0.0484. The number of amides is 3. The molecule has 3 amide bonds. The van der Waals surface area contributed by atoms with Gasteiger partial charge in [0.15, 0.2) is 0 Å². The molecule has 0 bridgehead atoms. The third-order valence-corrected chi connectivity index (χ3v) is 3.82. The Morgan fingerprint density at radius 3 is 2.17 bits per heavy atom. The van der Waals surface area contributed by atoms with Gasteiger partial charge in [0.1, 0.15) is 6.54 Å². The fourth-order valence-corrected chi connectivity index (χ4v) is 2.36. The van der Waals surface area contributed by atoms with E-state index in [1.165, 1.54) is 4.90 Å². The van der Waals surface area contributed by atoms with Gasteiger partial charge in [0.05, 0.1) is 0 Å². The average molecular weight is 346 g/mol. The van der Waals surface area contributed by atoms with Gasteiger partial charge in [-0.05, 0) is 49.2 Å². The molecule has 2 aromatic rings. The van der Waals surface area contributed by atoms with Crippen molar-refractivity contribution in [2.75, 3.05) is 24.2 Å². The van der Waals surface area contributed by atoms with Crippen molar-refractivity contribution in [3.63, 3.8) is 0 Å². The summed E-state index contributed by atoms with van der Waals surface area (Å²) in [5, 5.41) is 6.16. The Kier molecular flexibility index (Phi) is 5.82. The highest BCUT2D eigenvalue weighted by atomic mass is 35.5. The van der Waals surface area contributed by atoms with E-state index in [1.54, 1.807) is 31.3 Å². The molecular weight excluding hydrogens is 326 g/mol. The molecule has 0 aliphatic heterocycles. The van der Waals surface area contributed by atoms with E-state index in [2.05, 4.69) is 10.6 Å². The number of aryl methyl sites for hydroxylation is 2. The normalized spacial score (nSPS) is 10.2. The SMILES string of the molecule is Cc1cccc(C)c1NC(=O)CN(C)C(=O)Nc1ccc(Cl)cc1. The maximum Gasteiger partial charge on any atom is 0.322 e. The van der Waals surface area contributed by atoms with Crippen LogP contribution in [-0.4, -0.2) is 30.4 Å². The smallest absolute Gasteiger partial charge is 0.322 e. The van der Waals surface area contributed by atoms with Crippen LogP contribution < -0.4 is 10.6 Å². The zero-order valence-corrected chi connectivity index (χ0v) is 14.6. The van der Waals surface area contributed by atoms with E-state index in [0.717, 1.165) is 16.8 Å². The molecule has 126 valence electrons. The van der Waals surface area contributed by atoms with E-state index in [0.29, 0.717) is 10.7 Å². The van der Waals surface area contributed by atoms with E-state index in [1.807, 2.05) is 32.0 Å². The lowest BCUT2D eigenvalue weighted by Crippen LogP contribution is -2.37. The molecule has 24 heavy (non-hydrogen) atoms. The number of benzene rings is 2. The molecule has 0 unspecified atom stereocenters. The van der Waals surface area contributed by atoms with E-state index >= 15 is 0 Å². The van der Waals surface area contributed by atoms with Crippen LogP contribution in [0.3, 0.4) is 0 Å². The van der Waals surface area contributed by atoms with Gasteiger partial charge in [0.25, 0.3) is 0 Å². The molecule has 0 aliphatic rings. The molecule has 0 radical (unpaired) electrons. The minimum Gasteiger partial charge on any atom is -0.324 e. The van der Waals surface area contributed by atoms with Gasteiger partial charge < -0.3 is 15.5 Å². The van der Waals surface area contributed by atoms with E-state index in [4.69, 9.17) is 11.6 Å². The summed E-state index contributed by atoms with van der Waals surface area (Å²) in [5.74, 6) is -0.249. The minimum atomic E-state index is -0.367. The van der Waals surface area contributed by atoms with E-state index < -0.39 is 0 Å². The topological polar surface area (TPSA) is 61.4 Å². The zero-order chi connectivity index (χ0) is 17.7. The number of hydrogen-bond acceptors (Lipinski definition) is 2. The van der Waals surface area contributed by atoms with Crippen molar-refractivity contribution >= 4 is 34.9 Å². The van der Waals surface area contributed by atoms with Crippen molar-refractivity contribution in [3.8, 4) is 0 Å². The van der Waals surface area contributed by atoms with Crippen LogP contribution in [0.2, 0.25) is 5.02 Å². The van der Waals surface area contributed by atoms with Gasteiger partial charge >= 0.3 is 6.03 Å². The molecule has 0 saturated carbocycles. The number of urea groups is 1. The molecule has 0 atom stereocenters. The Hall–Kier alpha value is -2.53. The summed E-state index contributed by atoms with van der Waals surface area (Å²) in [6.07, 6.45) is 0. The molecule has 0 saturated heterocycles. The number of likely N-dealkylation sites (N-methyl/N-ethyl adjacent to an activating group) is 1. The van der Waals surface area contributed by atoms with Crippen LogP contribution >= 0.6 is 11.6 Å². The van der Waals surface area contributed by atoms with Crippen molar-refractivity contribution < 1.29 is 9.59 Å². The first-order valence-electron chi connectivity index (χ1n) is 7.50. The van der Waals surface area contributed by atoms with Gasteiger partial charge in [-0.25, -0.2) is 4.79 Å². The predicted octanol–water partition coefficient (Wildman–Crippen LogP) is 4.06. The molecule has 0 aromatic heterocycles. The summed E-state index contributed by atoms with van der Waals surface area (Å²) in [4.78, 5) is 25.6. The van der Waals surface area contributed by atoms with Gasteiger partial charge in [-0.15, -0.1) is 0 Å². The summed E-state index contributed by atoms with van der Waals surface area (Å²) >= 11 is 5.81. The lowest BCUT2D eigenvalue weighted by molar-refractivity contribution is -0.116. The number of hydrogen-bond donors (Lipinski definition) is 2.